The summed E-state index contributed by atoms with van der Waals surface area (Å²) in [6.45, 7) is 2.06. The number of pyridine rings is 2. The lowest BCUT2D eigenvalue weighted by atomic mass is 9.95. The molecule has 0 saturated carbocycles. The van der Waals surface area contributed by atoms with E-state index >= 15 is 0 Å². The molecule has 0 unspecified atom stereocenters. The first-order valence-corrected chi connectivity index (χ1v) is 12.9. The van der Waals surface area contributed by atoms with Gasteiger partial charge in [0.1, 0.15) is 10.8 Å². The van der Waals surface area contributed by atoms with Gasteiger partial charge < -0.3 is 9.84 Å². The molecule has 1 aliphatic rings. The van der Waals surface area contributed by atoms with Crippen molar-refractivity contribution in [2.45, 2.75) is 32.6 Å². The van der Waals surface area contributed by atoms with Crippen molar-refractivity contribution in [3.8, 4) is 11.7 Å². The highest BCUT2D eigenvalue weighted by atomic mass is 79.9. The highest BCUT2D eigenvalue weighted by molar-refractivity contribution is 9.10. The zero-order valence-electron chi connectivity index (χ0n) is 19.0. The summed E-state index contributed by atoms with van der Waals surface area (Å²) in [5.41, 5.74) is 1.51. The molecule has 0 fully saturated rings. The normalized spacial score (nSPS) is 13.3. The molecule has 35 heavy (non-hydrogen) atoms. The van der Waals surface area contributed by atoms with Crippen LogP contribution in [-0.2, 0) is 17.6 Å². The molecule has 1 aromatic carbocycles. The second-order valence-corrected chi connectivity index (χ2v) is 10.1. The van der Waals surface area contributed by atoms with Crippen molar-refractivity contribution in [2.75, 3.05) is 6.61 Å². The number of benzene rings is 1. The number of ether oxygens (including phenoxy) is 1. The Labute approximate surface area is 213 Å². The molecule has 1 N–H and O–H groups in total. The number of carbonyl (C=O) groups excluding carboxylic acids is 1. The maximum Gasteiger partial charge on any atom is 0.341 e. The van der Waals surface area contributed by atoms with Crippen LogP contribution in [0.25, 0.3) is 16.6 Å². The maximum atomic E-state index is 13.3. The standard InChI is InChI=1S/C26H22BrN3O4S/c1-2-34-26(33)22-18-9-5-6-10-20(18)35-23(22)29-14-19-16-7-3-4-8-17(16)24(31)30(25(19)32)21-12-11-15(27)13-28-21/h3-4,7-8,11-14,32H,2,5-6,9-10H2,1H3/b29-14+. The SMILES string of the molecule is CCOC(=O)c1c(/N=C/c2c(O)n(-c3ccc(Br)cn3)c(=O)c3ccccc23)sc2c1CCCC2. The van der Waals surface area contributed by atoms with Crippen LogP contribution in [0.2, 0.25) is 0 Å². The van der Waals surface area contributed by atoms with Gasteiger partial charge in [-0.2, -0.15) is 0 Å². The van der Waals surface area contributed by atoms with Crippen LogP contribution in [0.15, 0.2) is 56.9 Å². The fourth-order valence-electron chi connectivity index (χ4n) is 4.38. The Bertz CT molecular complexity index is 1520. The lowest BCUT2D eigenvalue weighted by Gasteiger charge is -2.13. The molecule has 3 aromatic heterocycles. The Balaban J connectivity index is 1.70. The molecule has 1 aliphatic carbocycles. The Hall–Kier alpha value is -3.30. The maximum absolute atomic E-state index is 13.3. The third-order valence-corrected chi connectivity index (χ3v) is 7.66. The molecule has 0 atom stereocenters. The fourth-order valence-corrected chi connectivity index (χ4v) is 5.84. The largest absolute Gasteiger partial charge is 0.494 e. The molecule has 0 aliphatic heterocycles. The Morgan fingerprint density at radius 1 is 1.23 bits per heavy atom. The highest BCUT2D eigenvalue weighted by Crippen LogP contribution is 2.40. The molecule has 0 bridgehead atoms. The number of halogens is 1. The van der Waals surface area contributed by atoms with Crippen LogP contribution in [0.1, 0.15) is 46.1 Å². The van der Waals surface area contributed by atoms with Gasteiger partial charge in [0.05, 0.1) is 17.7 Å². The van der Waals surface area contributed by atoms with Crippen LogP contribution in [-0.4, -0.2) is 33.4 Å². The van der Waals surface area contributed by atoms with Crippen molar-refractivity contribution in [3.05, 3.63) is 79.0 Å². The number of hydrogen-bond acceptors (Lipinski definition) is 7. The number of fused-ring (bicyclic) bond motifs is 2. The number of nitrogens with zero attached hydrogens (tertiary/aromatic N) is 3. The summed E-state index contributed by atoms with van der Waals surface area (Å²) >= 11 is 4.83. The molecule has 0 saturated heterocycles. The number of carbonyl (C=O) groups is 1. The number of hydrogen-bond donors (Lipinski definition) is 1. The van der Waals surface area contributed by atoms with Crippen molar-refractivity contribution in [1.29, 1.82) is 0 Å². The smallest absolute Gasteiger partial charge is 0.341 e. The molecule has 0 radical (unpaired) electrons. The van der Waals surface area contributed by atoms with Gasteiger partial charge in [0, 0.05) is 32.5 Å². The number of thiophene rings is 1. The van der Waals surface area contributed by atoms with E-state index in [1.165, 1.54) is 22.1 Å². The summed E-state index contributed by atoms with van der Waals surface area (Å²) in [5.74, 6) is -0.363. The summed E-state index contributed by atoms with van der Waals surface area (Å²) < 4.78 is 7.25. The van der Waals surface area contributed by atoms with Gasteiger partial charge in [0.2, 0.25) is 5.88 Å². The van der Waals surface area contributed by atoms with E-state index in [2.05, 4.69) is 25.9 Å². The van der Waals surface area contributed by atoms with Crippen LogP contribution in [0.3, 0.4) is 0 Å². The molecular weight excluding hydrogens is 530 g/mol. The van der Waals surface area contributed by atoms with Crippen molar-refractivity contribution in [3.63, 3.8) is 0 Å². The van der Waals surface area contributed by atoms with Crippen LogP contribution in [0, 0.1) is 0 Å². The van der Waals surface area contributed by atoms with E-state index in [1.54, 1.807) is 49.5 Å². The monoisotopic (exact) mass is 551 g/mol. The Kier molecular flexibility index (Phi) is 6.53. The molecule has 178 valence electrons. The number of aryl methyl sites for hydroxylation is 1. The van der Waals surface area contributed by atoms with Crippen molar-refractivity contribution in [2.24, 2.45) is 4.99 Å². The van der Waals surface area contributed by atoms with Gasteiger partial charge >= 0.3 is 5.97 Å². The number of esters is 1. The second kappa shape index (κ2) is 9.75. The molecule has 9 heteroatoms. The summed E-state index contributed by atoms with van der Waals surface area (Å²) in [6, 6.07) is 10.4. The minimum Gasteiger partial charge on any atom is -0.494 e. The van der Waals surface area contributed by atoms with Crippen LogP contribution >= 0.6 is 27.3 Å². The quantitative estimate of drug-likeness (QED) is 0.253. The Morgan fingerprint density at radius 2 is 2.00 bits per heavy atom. The molecule has 0 amide bonds. The summed E-state index contributed by atoms with van der Waals surface area (Å²) in [7, 11) is 0. The molecule has 3 heterocycles. The number of rotatable bonds is 5. The van der Waals surface area contributed by atoms with E-state index in [0.29, 0.717) is 26.9 Å². The molecule has 5 rings (SSSR count). The number of aliphatic imine (C=N–C) groups is 1. The fraction of sp³-hybridized carbons (Fsp3) is 0.231. The van der Waals surface area contributed by atoms with Gasteiger partial charge in [0.15, 0.2) is 0 Å². The van der Waals surface area contributed by atoms with Gasteiger partial charge in [-0.15, -0.1) is 11.3 Å². The zero-order chi connectivity index (χ0) is 24.5. The lowest BCUT2D eigenvalue weighted by molar-refractivity contribution is 0.0526. The third kappa shape index (κ3) is 4.30. The van der Waals surface area contributed by atoms with Gasteiger partial charge in [0.25, 0.3) is 5.56 Å². The van der Waals surface area contributed by atoms with E-state index < -0.39 is 0 Å². The Morgan fingerprint density at radius 3 is 2.74 bits per heavy atom. The van der Waals surface area contributed by atoms with Gasteiger partial charge in [-0.3, -0.25) is 4.79 Å². The minimum atomic E-state index is -0.385. The topological polar surface area (TPSA) is 93.8 Å². The average Bonchev–Trinajstić information content (AvgIpc) is 3.24. The summed E-state index contributed by atoms with van der Waals surface area (Å²) in [5, 5.41) is 12.8. The van der Waals surface area contributed by atoms with E-state index in [9.17, 15) is 14.7 Å². The van der Waals surface area contributed by atoms with Gasteiger partial charge in [-0.1, -0.05) is 18.2 Å². The predicted molar refractivity (Wildman–Crippen MR) is 141 cm³/mol. The minimum absolute atomic E-state index is 0.272. The molecule has 4 aromatic rings. The number of aromatic nitrogens is 2. The highest BCUT2D eigenvalue weighted by Gasteiger charge is 2.26. The van der Waals surface area contributed by atoms with E-state index in [-0.39, 0.29) is 29.8 Å². The molecule has 0 spiro atoms. The number of aromatic hydroxyl groups is 1. The first-order chi connectivity index (χ1) is 17.0. The average molecular weight is 552 g/mol. The van der Waals surface area contributed by atoms with Gasteiger partial charge in [-0.05, 0) is 72.3 Å². The summed E-state index contributed by atoms with van der Waals surface area (Å²) in [6.07, 6.45) is 6.92. The first kappa shape index (κ1) is 23.4. The first-order valence-electron chi connectivity index (χ1n) is 11.3. The zero-order valence-corrected chi connectivity index (χ0v) is 21.4. The van der Waals surface area contributed by atoms with Gasteiger partial charge in [-0.25, -0.2) is 19.3 Å². The third-order valence-electron chi connectivity index (χ3n) is 5.99. The van der Waals surface area contributed by atoms with E-state index in [4.69, 9.17) is 4.74 Å². The van der Waals surface area contributed by atoms with Crippen LogP contribution in [0.5, 0.6) is 5.88 Å². The lowest BCUT2D eigenvalue weighted by Crippen LogP contribution is -2.21. The van der Waals surface area contributed by atoms with Crippen LogP contribution in [0.4, 0.5) is 5.00 Å². The van der Waals surface area contributed by atoms with Crippen molar-refractivity contribution < 1.29 is 14.6 Å². The predicted octanol–water partition coefficient (Wildman–Crippen LogP) is 5.72. The van der Waals surface area contributed by atoms with Crippen molar-refractivity contribution in [1.82, 2.24) is 9.55 Å². The van der Waals surface area contributed by atoms with E-state index in [1.807, 2.05) is 0 Å². The summed E-state index contributed by atoms with van der Waals surface area (Å²) in [4.78, 5) is 36.2. The molecule has 7 nitrogen and oxygen atoms in total. The van der Waals surface area contributed by atoms with Crippen molar-refractivity contribution >= 4 is 55.2 Å². The molecular formula is C26H22BrN3O4S. The van der Waals surface area contributed by atoms with Crippen LogP contribution < -0.4 is 5.56 Å². The van der Waals surface area contributed by atoms with E-state index in [0.717, 1.165) is 40.6 Å². The second-order valence-electron chi connectivity index (χ2n) is 8.13.